The molecule has 2 aromatic carbocycles. The van der Waals surface area contributed by atoms with Crippen LogP contribution in [0, 0.1) is 5.92 Å². The van der Waals surface area contributed by atoms with Crippen LogP contribution in [-0.4, -0.2) is 35.7 Å². The molecule has 0 aliphatic carbocycles. The van der Waals surface area contributed by atoms with E-state index >= 15 is 0 Å². The van der Waals surface area contributed by atoms with Gasteiger partial charge in [-0.1, -0.05) is 36.4 Å². The van der Waals surface area contributed by atoms with Crippen LogP contribution in [-0.2, 0) is 11.3 Å². The molecule has 2 heterocycles. The molecule has 5 nitrogen and oxygen atoms in total. The van der Waals surface area contributed by atoms with E-state index in [4.69, 9.17) is 14.6 Å². The molecule has 2 atom stereocenters. The molecule has 25 heavy (non-hydrogen) atoms. The minimum absolute atomic E-state index is 0.105. The lowest BCUT2D eigenvalue weighted by Crippen LogP contribution is -2.23. The summed E-state index contributed by atoms with van der Waals surface area (Å²) in [6.45, 7) is 2.76. The summed E-state index contributed by atoms with van der Waals surface area (Å²) in [5, 5.41) is 9.10. The van der Waals surface area contributed by atoms with E-state index in [2.05, 4.69) is 29.2 Å². The highest BCUT2D eigenvalue weighted by atomic mass is 16.6. The van der Waals surface area contributed by atoms with Gasteiger partial charge < -0.3 is 14.6 Å². The van der Waals surface area contributed by atoms with Crippen LogP contribution in [0.4, 0.5) is 0 Å². The maximum absolute atomic E-state index is 11.1. The third-order valence-corrected chi connectivity index (χ3v) is 4.89. The molecule has 2 unspecified atom stereocenters. The van der Waals surface area contributed by atoms with Crippen LogP contribution < -0.4 is 9.47 Å². The highest BCUT2D eigenvalue weighted by Gasteiger charge is 2.28. The Kier molecular flexibility index (Phi) is 4.32. The molecule has 0 spiro atoms. The molecule has 4 rings (SSSR count). The third-order valence-electron chi connectivity index (χ3n) is 4.89. The standard InChI is InChI=1S/C20H21NO4/c22-20(23)16-9-10-21(12-16)11-14-5-7-15(8-6-14)19-13-24-17-3-1-2-4-18(17)25-19/h1-8,16,19H,9-13H2,(H,22,23). The van der Waals surface area contributed by atoms with Gasteiger partial charge in [0.15, 0.2) is 17.6 Å². The van der Waals surface area contributed by atoms with Crippen LogP contribution in [0.5, 0.6) is 11.5 Å². The van der Waals surface area contributed by atoms with Gasteiger partial charge in [0.2, 0.25) is 0 Å². The molecular weight excluding hydrogens is 318 g/mol. The smallest absolute Gasteiger partial charge is 0.307 e. The van der Waals surface area contributed by atoms with Gasteiger partial charge in [0.25, 0.3) is 0 Å². The quantitative estimate of drug-likeness (QED) is 0.927. The van der Waals surface area contributed by atoms with Crippen molar-refractivity contribution in [3.8, 4) is 11.5 Å². The number of rotatable bonds is 4. The van der Waals surface area contributed by atoms with E-state index in [1.54, 1.807) is 0 Å². The van der Waals surface area contributed by atoms with Crippen LogP contribution in [0.2, 0.25) is 0 Å². The number of carbonyl (C=O) groups is 1. The van der Waals surface area contributed by atoms with Crippen molar-refractivity contribution in [1.29, 1.82) is 0 Å². The van der Waals surface area contributed by atoms with Crippen LogP contribution in [0.15, 0.2) is 48.5 Å². The fourth-order valence-electron chi connectivity index (χ4n) is 3.46. The van der Waals surface area contributed by atoms with Crippen LogP contribution >= 0.6 is 0 Å². The fourth-order valence-corrected chi connectivity index (χ4v) is 3.46. The van der Waals surface area contributed by atoms with E-state index in [-0.39, 0.29) is 12.0 Å². The summed E-state index contributed by atoms with van der Waals surface area (Å²) in [6.07, 6.45) is 0.632. The van der Waals surface area contributed by atoms with Crippen LogP contribution in [0.25, 0.3) is 0 Å². The lowest BCUT2D eigenvalue weighted by atomic mass is 10.1. The molecule has 2 aliphatic heterocycles. The summed E-state index contributed by atoms with van der Waals surface area (Å²) >= 11 is 0. The maximum atomic E-state index is 11.1. The topological polar surface area (TPSA) is 59.0 Å². The van der Waals surface area contributed by atoms with Crippen molar-refractivity contribution < 1.29 is 19.4 Å². The Bertz CT molecular complexity index is 759. The van der Waals surface area contributed by atoms with E-state index < -0.39 is 5.97 Å². The van der Waals surface area contributed by atoms with Crippen molar-refractivity contribution in [3.63, 3.8) is 0 Å². The fraction of sp³-hybridized carbons (Fsp3) is 0.350. The minimum atomic E-state index is -0.687. The van der Waals surface area contributed by atoms with E-state index in [1.165, 1.54) is 5.56 Å². The number of hydrogen-bond acceptors (Lipinski definition) is 4. The largest absolute Gasteiger partial charge is 0.485 e. The monoisotopic (exact) mass is 339 g/mol. The number of aliphatic carboxylic acids is 1. The molecule has 5 heteroatoms. The molecule has 0 radical (unpaired) electrons. The lowest BCUT2D eigenvalue weighted by Gasteiger charge is -2.27. The van der Waals surface area contributed by atoms with Gasteiger partial charge in [-0.25, -0.2) is 0 Å². The maximum Gasteiger partial charge on any atom is 0.307 e. The predicted octanol–water partition coefficient (Wildman–Crippen LogP) is 3.11. The molecule has 0 aromatic heterocycles. The molecule has 1 N–H and O–H groups in total. The van der Waals surface area contributed by atoms with Crippen molar-refractivity contribution >= 4 is 5.97 Å². The number of nitrogens with zero attached hydrogens (tertiary/aromatic N) is 1. The van der Waals surface area contributed by atoms with Gasteiger partial charge in [0, 0.05) is 13.1 Å². The second-order valence-electron chi connectivity index (χ2n) is 6.66. The highest BCUT2D eigenvalue weighted by Crippen LogP contribution is 2.35. The number of likely N-dealkylation sites (tertiary alicyclic amines) is 1. The van der Waals surface area contributed by atoms with Crippen molar-refractivity contribution in [3.05, 3.63) is 59.7 Å². The van der Waals surface area contributed by atoms with Gasteiger partial charge in [-0.3, -0.25) is 9.69 Å². The van der Waals surface area contributed by atoms with E-state index in [1.807, 2.05) is 24.3 Å². The Morgan fingerprint density at radius 3 is 2.60 bits per heavy atom. The average molecular weight is 339 g/mol. The first-order valence-corrected chi connectivity index (χ1v) is 8.61. The van der Waals surface area contributed by atoms with Gasteiger partial charge in [-0.05, 0) is 36.2 Å². The number of carboxylic acids is 1. The van der Waals surface area contributed by atoms with Gasteiger partial charge in [0.1, 0.15) is 6.61 Å². The van der Waals surface area contributed by atoms with Crippen LogP contribution in [0.3, 0.4) is 0 Å². The Morgan fingerprint density at radius 2 is 1.88 bits per heavy atom. The molecule has 2 aliphatic rings. The highest BCUT2D eigenvalue weighted by molar-refractivity contribution is 5.70. The number of ether oxygens (including phenoxy) is 2. The van der Waals surface area contributed by atoms with Gasteiger partial charge in [-0.2, -0.15) is 0 Å². The normalized spacial score (nSPS) is 22.7. The van der Waals surface area contributed by atoms with Crippen molar-refractivity contribution in [1.82, 2.24) is 4.90 Å². The third kappa shape index (κ3) is 3.46. The zero-order chi connectivity index (χ0) is 17.2. The van der Waals surface area contributed by atoms with Crippen molar-refractivity contribution in [2.75, 3.05) is 19.7 Å². The first-order valence-electron chi connectivity index (χ1n) is 8.61. The number of para-hydroxylation sites is 2. The van der Waals surface area contributed by atoms with Crippen LogP contribution in [0.1, 0.15) is 23.7 Å². The van der Waals surface area contributed by atoms with E-state index in [0.717, 1.165) is 36.6 Å². The Hall–Kier alpha value is -2.53. The Labute approximate surface area is 146 Å². The van der Waals surface area contributed by atoms with Crippen molar-refractivity contribution in [2.24, 2.45) is 5.92 Å². The molecule has 1 fully saturated rings. The summed E-state index contributed by atoms with van der Waals surface area (Å²) in [6, 6.07) is 16.0. The molecule has 1 saturated heterocycles. The number of hydrogen-bond donors (Lipinski definition) is 1. The predicted molar refractivity (Wildman–Crippen MR) is 92.8 cm³/mol. The molecule has 0 bridgehead atoms. The Balaban J connectivity index is 1.39. The molecule has 130 valence electrons. The summed E-state index contributed by atoms with van der Waals surface area (Å²) in [5.74, 6) is 0.650. The summed E-state index contributed by atoms with van der Waals surface area (Å²) in [7, 11) is 0. The zero-order valence-electron chi connectivity index (χ0n) is 13.9. The summed E-state index contributed by atoms with van der Waals surface area (Å²) in [5.41, 5.74) is 2.27. The number of fused-ring (bicyclic) bond motifs is 1. The zero-order valence-corrected chi connectivity index (χ0v) is 13.9. The average Bonchev–Trinajstić information content (AvgIpc) is 3.11. The van der Waals surface area contributed by atoms with Gasteiger partial charge in [-0.15, -0.1) is 0 Å². The van der Waals surface area contributed by atoms with Gasteiger partial charge in [0.05, 0.1) is 5.92 Å². The lowest BCUT2D eigenvalue weighted by molar-refractivity contribution is -0.141. The SMILES string of the molecule is O=C(O)C1CCN(Cc2ccc(C3COc4ccccc4O3)cc2)C1. The minimum Gasteiger partial charge on any atom is -0.485 e. The number of carboxylic acid groups (broad SMARTS) is 1. The summed E-state index contributed by atoms with van der Waals surface area (Å²) < 4.78 is 11.8. The van der Waals surface area contributed by atoms with Gasteiger partial charge >= 0.3 is 5.97 Å². The second-order valence-corrected chi connectivity index (χ2v) is 6.66. The first kappa shape index (κ1) is 16.0. The Morgan fingerprint density at radius 1 is 1.12 bits per heavy atom. The molecular formula is C20H21NO4. The molecule has 2 aromatic rings. The van der Waals surface area contributed by atoms with Crippen molar-refractivity contribution in [2.45, 2.75) is 19.1 Å². The summed E-state index contributed by atoms with van der Waals surface area (Å²) in [4.78, 5) is 13.3. The second kappa shape index (κ2) is 6.76. The van der Waals surface area contributed by atoms with E-state index in [9.17, 15) is 4.79 Å². The first-order chi connectivity index (χ1) is 12.2. The number of benzene rings is 2. The van der Waals surface area contributed by atoms with E-state index in [0.29, 0.717) is 13.2 Å². The molecule has 0 saturated carbocycles. The molecule has 0 amide bonds.